The van der Waals surface area contributed by atoms with Crippen LogP contribution in [0.3, 0.4) is 0 Å². The van der Waals surface area contributed by atoms with Crippen molar-refractivity contribution in [3.63, 3.8) is 0 Å². The summed E-state index contributed by atoms with van der Waals surface area (Å²) in [5, 5.41) is 15.8. The molecule has 0 bridgehead atoms. The van der Waals surface area contributed by atoms with Crippen molar-refractivity contribution in [2.75, 3.05) is 19.8 Å². The smallest absolute Gasteiger partial charge is 0.191 e. The number of rotatable bonds is 8. The predicted molar refractivity (Wildman–Crippen MR) is 115 cm³/mol. The Labute approximate surface area is 177 Å². The lowest BCUT2D eigenvalue weighted by Gasteiger charge is -2.18. The van der Waals surface area contributed by atoms with Gasteiger partial charge in [-0.25, -0.2) is 9.38 Å². The highest BCUT2D eigenvalue weighted by Crippen LogP contribution is 2.23. The summed E-state index contributed by atoms with van der Waals surface area (Å²) in [5.74, 6) is 1.11. The van der Waals surface area contributed by atoms with E-state index in [1.165, 1.54) is 6.07 Å². The summed E-state index contributed by atoms with van der Waals surface area (Å²) in [4.78, 5) is 4.58. The van der Waals surface area contributed by atoms with Crippen LogP contribution in [0.4, 0.5) is 4.39 Å². The Kier molecular flexibility index (Phi) is 8.04. The van der Waals surface area contributed by atoms with Gasteiger partial charge >= 0.3 is 0 Å². The fourth-order valence-corrected chi connectivity index (χ4v) is 3.24. The molecule has 0 spiro atoms. The molecule has 1 aliphatic heterocycles. The maximum absolute atomic E-state index is 13.6. The van der Waals surface area contributed by atoms with Crippen LogP contribution in [-0.2, 0) is 24.4 Å². The third kappa shape index (κ3) is 6.18. The van der Waals surface area contributed by atoms with Crippen molar-refractivity contribution in [3.8, 4) is 5.75 Å². The van der Waals surface area contributed by atoms with Crippen LogP contribution in [0, 0.1) is 12.7 Å². The summed E-state index contributed by atoms with van der Waals surface area (Å²) in [5.41, 5.74) is 3.29. The summed E-state index contributed by atoms with van der Waals surface area (Å²) in [6.45, 7) is 6.72. The molecule has 6 nitrogen and oxygen atoms in total. The van der Waals surface area contributed by atoms with E-state index in [9.17, 15) is 9.50 Å². The second-order valence-electron chi connectivity index (χ2n) is 7.35. The summed E-state index contributed by atoms with van der Waals surface area (Å²) in [6, 6.07) is 10.8. The average molecular weight is 416 g/mol. The van der Waals surface area contributed by atoms with Gasteiger partial charge in [0.25, 0.3) is 0 Å². The topological polar surface area (TPSA) is 75.1 Å². The van der Waals surface area contributed by atoms with Crippen molar-refractivity contribution < 1.29 is 19.0 Å². The van der Waals surface area contributed by atoms with E-state index < -0.39 is 5.82 Å². The number of halogens is 1. The van der Waals surface area contributed by atoms with Crippen LogP contribution in [-0.4, -0.2) is 36.9 Å². The Hall–Kier alpha value is -2.64. The van der Waals surface area contributed by atoms with E-state index in [4.69, 9.17) is 9.47 Å². The molecular formula is C23H30FN3O3. The maximum Gasteiger partial charge on any atom is 0.191 e. The lowest BCUT2D eigenvalue weighted by molar-refractivity contribution is 0.140. The Morgan fingerprint density at radius 2 is 2.10 bits per heavy atom. The molecule has 1 fully saturated rings. The SMILES string of the molecule is CCNC(=NCc1ccc(F)c(CO)c1)NCc1ccc(C)cc1OC1CCOC1. The van der Waals surface area contributed by atoms with E-state index in [1.54, 1.807) is 12.1 Å². The van der Waals surface area contributed by atoms with Gasteiger partial charge in [-0.2, -0.15) is 0 Å². The number of guanidine groups is 1. The number of ether oxygens (including phenoxy) is 2. The Bertz CT molecular complexity index is 867. The van der Waals surface area contributed by atoms with Gasteiger partial charge in [-0.05, 0) is 43.2 Å². The van der Waals surface area contributed by atoms with Gasteiger partial charge in [0, 0.05) is 30.6 Å². The van der Waals surface area contributed by atoms with Crippen molar-refractivity contribution in [3.05, 3.63) is 64.5 Å². The van der Waals surface area contributed by atoms with Gasteiger partial charge in [-0.1, -0.05) is 18.2 Å². The minimum Gasteiger partial charge on any atom is -0.488 e. The molecular weight excluding hydrogens is 385 g/mol. The highest BCUT2D eigenvalue weighted by atomic mass is 19.1. The number of aliphatic hydroxyl groups is 1. The van der Waals surface area contributed by atoms with Crippen molar-refractivity contribution in [1.29, 1.82) is 0 Å². The van der Waals surface area contributed by atoms with Crippen molar-refractivity contribution >= 4 is 5.96 Å². The third-order valence-electron chi connectivity index (χ3n) is 4.89. The minimum absolute atomic E-state index is 0.0895. The normalized spacial score (nSPS) is 16.5. The zero-order valence-corrected chi connectivity index (χ0v) is 17.6. The molecule has 0 aliphatic carbocycles. The molecule has 30 heavy (non-hydrogen) atoms. The van der Waals surface area contributed by atoms with Crippen LogP contribution in [0.1, 0.15) is 35.6 Å². The molecule has 0 aromatic heterocycles. The number of aliphatic imine (C=N–C) groups is 1. The molecule has 1 unspecified atom stereocenters. The number of aryl methyl sites for hydroxylation is 1. The highest BCUT2D eigenvalue weighted by molar-refractivity contribution is 5.79. The van der Waals surface area contributed by atoms with Crippen LogP contribution in [0.2, 0.25) is 0 Å². The van der Waals surface area contributed by atoms with Gasteiger partial charge in [0.1, 0.15) is 17.7 Å². The quantitative estimate of drug-likeness (QED) is 0.456. The highest BCUT2D eigenvalue weighted by Gasteiger charge is 2.18. The minimum atomic E-state index is -0.408. The molecule has 0 radical (unpaired) electrons. The summed E-state index contributed by atoms with van der Waals surface area (Å²) >= 11 is 0. The molecule has 2 aromatic rings. The average Bonchev–Trinajstić information content (AvgIpc) is 3.25. The van der Waals surface area contributed by atoms with Crippen molar-refractivity contribution in [2.45, 2.75) is 46.1 Å². The zero-order valence-electron chi connectivity index (χ0n) is 17.6. The molecule has 0 amide bonds. The number of benzene rings is 2. The molecule has 162 valence electrons. The number of hydrogen-bond acceptors (Lipinski definition) is 4. The lowest BCUT2D eigenvalue weighted by atomic mass is 10.1. The molecule has 3 rings (SSSR count). The van der Waals surface area contributed by atoms with Gasteiger partial charge < -0.3 is 25.2 Å². The van der Waals surface area contributed by atoms with Crippen LogP contribution in [0.15, 0.2) is 41.4 Å². The Morgan fingerprint density at radius 3 is 2.83 bits per heavy atom. The number of nitrogens with one attached hydrogen (secondary N) is 2. The fourth-order valence-electron chi connectivity index (χ4n) is 3.24. The second-order valence-corrected chi connectivity index (χ2v) is 7.35. The van der Waals surface area contributed by atoms with Crippen molar-refractivity contribution in [1.82, 2.24) is 10.6 Å². The summed E-state index contributed by atoms with van der Waals surface area (Å²) in [6.07, 6.45) is 0.991. The first-order valence-corrected chi connectivity index (χ1v) is 10.3. The van der Waals surface area contributed by atoms with E-state index in [-0.39, 0.29) is 18.3 Å². The van der Waals surface area contributed by atoms with Crippen LogP contribution in [0.5, 0.6) is 5.75 Å². The standard InChI is InChI=1S/C23H30FN3O3/c1-3-25-23(26-12-17-5-7-21(24)19(11-17)14-28)27-13-18-6-4-16(2)10-22(18)30-20-8-9-29-15-20/h4-7,10-11,20,28H,3,8-9,12-15H2,1-2H3,(H2,25,26,27). The van der Waals surface area contributed by atoms with E-state index >= 15 is 0 Å². The molecule has 1 saturated heterocycles. The third-order valence-corrected chi connectivity index (χ3v) is 4.89. The van der Waals surface area contributed by atoms with Gasteiger partial charge in [0.15, 0.2) is 5.96 Å². The summed E-state index contributed by atoms with van der Waals surface area (Å²) in [7, 11) is 0. The molecule has 3 N–H and O–H groups in total. The first-order valence-electron chi connectivity index (χ1n) is 10.3. The molecule has 1 aliphatic rings. The first kappa shape index (κ1) is 22.1. The first-order chi connectivity index (χ1) is 14.6. The van der Waals surface area contributed by atoms with Crippen LogP contribution >= 0.6 is 0 Å². The molecule has 2 aromatic carbocycles. The van der Waals surface area contributed by atoms with Gasteiger partial charge in [-0.15, -0.1) is 0 Å². The van der Waals surface area contributed by atoms with Crippen LogP contribution in [0.25, 0.3) is 0 Å². The van der Waals surface area contributed by atoms with Gasteiger partial charge in [0.2, 0.25) is 0 Å². The van der Waals surface area contributed by atoms with Crippen LogP contribution < -0.4 is 15.4 Å². The molecule has 1 heterocycles. The van der Waals surface area contributed by atoms with E-state index in [2.05, 4.69) is 27.8 Å². The predicted octanol–water partition coefficient (Wildman–Crippen LogP) is 3.05. The number of aliphatic hydroxyl groups excluding tert-OH is 1. The number of hydrogen-bond donors (Lipinski definition) is 3. The number of nitrogens with zero attached hydrogens (tertiary/aromatic N) is 1. The maximum atomic E-state index is 13.6. The zero-order chi connectivity index (χ0) is 21.3. The summed E-state index contributed by atoms with van der Waals surface area (Å²) < 4.78 is 25.1. The fraction of sp³-hybridized carbons (Fsp3) is 0.435. The van der Waals surface area contributed by atoms with E-state index in [0.29, 0.717) is 32.2 Å². The van der Waals surface area contributed by atoms with E-state index in [0.717, 1.165) is 35.5 Å². The Morgan fingerprint density at radius 1 is 1.23 bits per heavy atom. The lowest BCUT2D eigenvalue weighted by Crippen LogP contribution is -2.37. The van der Waals surface area contributed by atoms with Gasteiger partial charge in [0.05, 0.1) is 26.4 Å². The molecule has 7 heteroatoms. The van der Waals surface area contributed by atoms with Gasteiger partial charge in [-0.3, -0.25) is 0 Å². The van der Waals surface area contributed by atoms with Crippen molar-refractivity contribution in [2.24, 2.45) is 4.99 Å². The van der Waals surface area contributed by atoms with E-state index in [1.807, 2.05) is 19.9 Å². The molecule has 0 saturated carbocycles. The monoisotopic (exact) mass is 415 g/mol. The second kappa shape index (κ2) is 10.9. The largest absolute Gasteiger partial charge is 0.488 e. The Balaban J connectivity index is 1.67. The molecule has 1 atom stereocenters.